The number of hydrogen-bond donors (Lipinski definition) is 0. The Kier molecular flexibility index (Phi) is 6.45. The maximum Gasteiger partial charge on any atom is 0.410 e. The van der Waals surface area contributed by atoms with Crippen molar-refractivity contribution in [3.63, 3.8) is 0 Å². The first kappa shape index (κ1) is 19.6. The second-order valence-corrected chi connectivity index (χ2v) is 7.18. The van der Waals surface area contributed by atoms with Crippen molar-refractivity contribution in [3.8, 4) is 6.07 Å². The van der Waals surface area contributed by atoms with Crippen molar-refractivity contribution in [3.05, 3.63) is 35.9 Å². The molecule has 1 fully saturated rings. The van der Waals surface area contributed by atoms with Crippen LogP contribution >= 0.6 is 0 Å². The number of ether oxygens (including phenoxy) is 2. The molecule has 2 rings (SSSR count). The van der Waals surface area contributed by atoms with Crippen LogP contribution in [0.2, 0.25) is 0 Å². The topological polar surface area (TPSA) is 82.9 Å². The standard InChI is InChI=1S/C19H25N3O4/c1-19(2,3)26-17(23)21-11-12-22(16(13-21)9-10-20)18(24)25-14-15-7-5-4-6-8-15/h4-8,16H,9,11-14H2,1-3H3. The second-order valence-electron chi connectivity index (χ2n) is 7.18. The van der Waals surface area contributed by atoms with E-state index in [-0.39, 0.29) is 19.6 Å². The lowest BCUT2D eigenvalue weighted by molar-refractivity contribution is 0.00170. The van der Waals surface area contributed by atoms with E-state index in [1.54, 1.807) is 20.8 Å². The minimum atomic E-state index is -0.590. The summed E-state index contributed by atoms with van der Waals surface area (Å²) in [6, 6.07) is 11.1. The fourth-order valence-electron chi connectivity index (χ4n) is 2.67. The van der Waals surface area contributed by atoms with E-state index in [4.69, 9.17) is 14.7 Å². The van der Waals surface area contributed by atoms with Gasteiger partial charge in [0.1, 0.15) is 12.2 Å². The van der Waals surface area contributed by atoms with Crippen LogP contribution in [-0.4, -0.2) is 53.3 Å². The normalized spacial score (nSPS) is 17.4. The Hall–Kier alpha value is -2.75. The number of nitriles is 1. The van der Waals surface area contributed by atoms with Crippen LogP contribution in [0.4, 0.5) is 9.59 Å². The van der Waals surface area contributed by atoms with E-state index in [0.717, 1.165) is 5.56 Å². The van der Waals surface area contributed by atoms with Gasteiger partial charge in [0.15, 0.2) is 0 Å². The van der Waals surface area contributed by atoms with Crippen LogP contribution in [0.15, 0.2) is 30.3 Å². The van der Waals surface area contributed by atoms with E-state index in [0.29, 0.717) is 13.1 Å². The maximum atomic E-state index is 12.4. The fraction of sp³-hybridized carbons (Fsp3) is 0.526. The van der Waals surface area contributed by atoms with E-state index < -0.39 is 23.8 Å². The van der Waals surface area contributed by atoms with Crippen molar-refractivity contribution in [2.45, 2.75) is 45.4 Å². The number of piperazine rings is 1. The molecule has 0 bridgehead atoms. The number of carbonyl (C=O) groups is 2. The molecule has 0 aliphatic carbocycles. The molecule has 1 heterocycles. The van der Waals surface area contributed by atoms with E-state index in [9.17, 15) is 9.59 Å². The molecular weight excluding hydrogens is 334 g/mol. The van der Waals surface area contributed by atoms with Gasteiger partial charge in [0.05, 0.1) is 18.5 Å². The Bertz CT molecular complexity index is 664. The Morgan fingerprint density at radius 2 is 1.88 bits per heavy atom. The molecule has 7 heteroatoms. The Labute approximate surface area is 154 Å². The third-order valence-corrected chi connectivity index (χ3v) is 3.90. The molecule has 0 aromatic heterocycles. The number of rotatable bonds is 3. The van der Waals surface area contributed by atoms with Gasteiger partial charge in [-0.05, 0) is 26.3 Å². The third kappa shape index (κ3) is 5.66. The van der Waals surface area contributed by atoms with Gasteiger partial charge in [-0.2, -0.15) is 5.26 Å². The zero-order valence-electron chi connectivity index (χ0n) is 15.5. The quantitative estimate of drug-likeness (QED) is 0.828. The van der Waals surface area contributed by atoms with Crippen LogP contribution in [0.3, 0.4) is 0 Å². The predicted molar refractivity (Wildman–Crippen MR) is 95.2 cm³/mol. The number of benzene rings is 1. The number of amides is 2. The largest absolute Gasteiger partial charge is 0.445 e. The van der Waals surface area contributed by atoms with E-state index >= 15 is 0 Å². The summed E-state index contributed by atoms with van der Waals surface area (Å²) < 4.78 is 10.7. The zero-order valence-corrected chi connectivity index (χ0v) is 15.5. The average molecular weight is 359 g/mol. The smallest absolute Gasteiger partial charge is 0.410 e. The van der Waals surface area contributed by atoms with Crippen LogP contribution < -0.4 is 0 Å². The van der Waals surface area contributed by atoms with Crippen molar-refractivity contribution in [2.75, 3.05) is 19.6 Å². The van der Waals surface area contributed by atoms with Gasteiger partial charge in [0.25, 0.3) is 0 Å². The summed E-state index contributed by atoms with van der Waals surface area (Å²) in [7, 11) is 0. The maximum absolute atomic E-state index is 12.4. The number of hydrogen-bond acceptors (Lipinski definition) is 5. The molecule has 2 amide bonds. The molecule has 0 N–H and O–H groups in total. The first-order valence-electron chi connectivity index (χ1n) is 8.62. The van der Waals surface area contributed by atoms with Gasteiger partial charge in [0, 0.05) is 19.6 Å². The highest BCUT2D eigenvalue weighted by molar-refractivity contribution is 5.71. The average Bonchev–Trinajstić information content (AvgIpc) is 2.59. The van der Waals surface area contributed by atoms with Gasteiger partial charge in [-0.1, -0.05) is 30.3 Å². The van der Waals surface area contributed by atoms with E-state index in [1.807, 2.05) is 30.3 Å². The van der Waals surface area contributed by atoms with Crippen molar-refractivity contribution in [1.29, 1.82) is 5.26 Å². The first-order chi connectivity index (χ1) is 12.3. The summed E-state index contributed by atoms with van der Waals surface area (Å²) in [6.07, 6.45) is -0.782. The van der Waals surface area contributed by atoms with Crippen LogP contribution in [0.1, 0.15) is 32.8 Å². The third-order valence-electron chi connectivity index (χ3n) is 3.90. The number of carbonyl (C=O) groups excluding carboxylic acids is 2. The molecule has 1 aliphatic heterocycles. The molecule has 0 saturated carbocycles. The Balaban J connectivity index is 1.95. The van der Waals surface area contributed by atoms with Gasteiger partial charge in [-0.25, -0.2) is 9.59 Å². The zero-order chi connectivity index (χ0) is 19.2. The summed E-state index contributed by atoms with van der Waals surface area (Å²) in [5.74, 6) is 0. The summed E-state index contributed by atoms with van der Waals surface area (Å²) in [4.78, 5) is 27.7. The summed E-state index contributed by atoms with van der Waals surface area (Å²) in [5.41, 5.74) is 0.304. The monoisotopic (exact) mass is 359 g/mol. The highest BCUT2D eigenvalue weighted by Gasteiger charge is 2.35. The lowest BCUT2D eigenvalue weighted by atomic mass is 10.1. The van der Waals surface area contributed by atoms with Crippen LogP contribution in [0.5, 0.6) is 0 Å². The molecule has 140 valence electrons. The fourth-order valence-corrected chi connectivity index (χ4v) is 2.67. The van der Waals surface area contributed by atoms with Crippen molar-refractivity contribution in [2.24, 2.45) is 0 Å². The second kappa shape index (κ2) is 8.56. The van der Waals surface area contributed by atoms with Gasteiger partial charge >= 0.3 is 12.2 Å². The highest BCUT2D eigenvalue weighted by Crippen LogP contribution is 2.18. The SMILES string of the molecule is CC(C)(C)OC(=O)N1CCN(C(=O)OCc2ccccc2)C(CC#N)C1. The molecule has 1 aliphatic rings. The van der Waals surface area contributed by atoms with Crippen LogP contribution in [0.25, 0.3) is 0 Å². The first-order valence-corrected chi connectivity index (χ1v) is 8.62. The van der Waals surface area contributed by atoms with Crippen LogP contribution in [-0.2, 0) is 16.1 Å². The molecule has 7 nitrogen and oxygen atoms in total. The summed E-state index contributed by atoms with van der Waals surface area (Å²) >= 11 is 0. The molecule has 1 saturated heterocycles. The number of nitrogens with zero attached hydrogens (tertiary/aromatic N) is 3. The van der Waals surface area contributed by atoms with E-state index in [1.165, 1.54) is 9.80 Å². The highest BCUT2D eigenvalue weighted by atomic mass is 16.6. The van der Waals surface area contributed by atoms with E-state index in [2.05, 4.69) is 6.07 Å². The van der Waals surface area contributed by atoms with Gasteiger partial charge < -0.3 is 19.3 Å². The van der Waals surface area contributed by atoms with Gasteiger partial charge in [-0.15, -0.1) is 0 Å². The van der Waals surface area contributed by atoms with Gasteiger partial charge in [0.2, 0.25) is 0 Å². The van der Waals surface area contributed by atoms with Crippen LogP contribution in [0, 0.1) is 11.3 Å². The van der Waals surface area contributed by atoms with Gasteiger partial charge in [-0.3, -0.25) is 0 Å². The summed E-state index contributed by atoms with van der Waals surface area (Å²) in [5, 5.41) is 9.07. The minimum Gasteiger partial charge on any atom is -0.445 e. The molecular formula is C19H25N3O4. The Morgan fingerprint density at radius 3 is 2.50 bits per heavy atom. The molecule has 1 aromatic carbocycles. The summed E-state index contributed by atoms with van der Waals surface area (Å²) in [6.45, 7) is 6.48. The minimum absolute atomic E-state index is 0.125. The molecule has 0 spiro atoms. The van der Waals surface area contributed by atoms with Crippen molar-refractivity contribution in [1.82, 2.24) is 9.80 Å². The molecule has 26 heavy (non-hydrogen) atoms. The molecule has 0 radical (unpaired) electrons. The lowest BCUT2D eigenvalue weighted by Gasteiger charge is -2.40. The van der Waals surface area contributed by atoms with Crippen molar-refractivity contribution >= 4 is 12.2 Å². The molecule has 1 unspecified atom stereocenters. The lowest BCUT2D eigenvalue weighted by Crippen LogP contribution is -2.57. The van der Waals surface area contributed by atoms with Crippen molar-refractivity contribution < 1.29 is 19.1 Å². The molecule has 1 atom stereocenters. The molecule has 1 aromatic rings. The Morgan fingerprint density at radius 1 is 1.19 bits per heavy atom. The predicted octanol–water partition coefficient (Wildman–Crippen LogP) is 3.16.